The maximum Gasteiger partial charge on any atom is 0.266 e. The lowest BCUT2D eigenvalue weighted by Crippen LogP contribution is -2.30. The summed E-state index contributed by atoms with van der Waals surface area (Å²) in [5, 5.41) is 3.74. The molecular weight excluding hydrogens is 351 g/mol. The van der Waals surface area contributed by atoms with E-state index < -0.39 is 6.10 Å². The monoisotopic (exact) mass is 364 g/mol. The number of anilines is 1. The standard InChI is InChI=1S/C17H14ClFN2O2S/c1-9-7-12(4-5-13(9)18)23-10(2)16(22)21-17-20-14-6-3-11(19)8-15(14)24-17/h3-8,10H,1-2H3,(H,20,21,22)/t10-/m0/s1. The summed E-state index contributed by atoms with van der Waals surface area (Å²) < 4.78 is 19.5. The Morgan fingerprint density at radius 3 is 2.88 bits per heavy atom. The lowest BCUT2D eigenvalue weighted by Gasteiger charge is -2.14. The van der Waals surface area contributed by atoms with Gasteiger partial charge >= 0.3 is 0 Å². The van der Waals surface area contributed by atoms with Crippen LogP contribution in [0.1, 0.15) is 12.5 Å². The third-order valence-electron chi connectivity index (χ3n) is 3.39. The van der Waals surface area contributed by atoms with Crippen molar-refractivity contribution in [2.24, 2.45) is 0 Å². The Morgan fingerprint density at radius 2 is 2.12 bits per heavy atom. The third kappa shape index (κ3) is 3.66. The summed E-state index contributed by atoms with van der Waals surface area (Å²) in [5.41, 5.74) is 1.51. The van der Waals surface area contributed by atoms with Crippen molar-refractivity contribution in [3.8, 4) is 5.75 Å². The molecule has 1 N–H and O–H groups in total. The van der Waals surface area contributed by atoms with E-state index in [-0.39, 0.29) is 11.7 Å². The number of benzene rings is 2. The summed E-state index contributed by atoms with van der Waals surface area (Å²) in [6.07, 6.45) is -0.714. The predicted octanol–water partition coefficient (Wildman–Crippen LogP) is 4.80. The number of aromatic nitrogens is 1. The molecule has 2 aromatic carbocycles. The zero-order valence-electron chi connectivity index (χ0n) is 13.0. The van der Waals surface area contributed by atoms with Gasteiger partial charge in [0.25, 0.3) is 5.91 Å². The van der Waals surface area contributed by atoms with Gasteiger partial charge in [-0.3, -0.25) is 10.1 Å². The summed E-state index contributed by atoms with van der Waals surface area (Å²) >= 11 is 7.18. The van der Waals surface area contributed by atoms with E-state index in [4.69, 9.17) is 16.3 Å². The molecule has 3 aromatic rings. The molecule has 124 valence electrons. The van der Waals surface area contributed by atoms with Crippen molar-refractivity contribution in [3.63, 3.8) is 0 Å². The second kappa shape index (κ2) is 6.75. The molecule has 0 saturated heterocycles. The Kier molecular flexibility index (Phi) is 4.69. The minimum atomic E-state index is -0.714. The van der Waals surface area contributed by atoms with Crippen molar-refractivity contribution in [1.82, 2.24) is 4.98 Å². The normalized spacial score (nSPS) is 12.2. The van der Waals surface area contributed by atoms with Crippen LogP contribution in [0, 0.1) is 12.7 Å². The predicted molar refractivity (Wildman–Crippen MR) is 94.5 cm³/mol. The molecule has 1 aromatic heterocycles. The van der Waals surface area contributed by atoms with Crippen LogP contribution in [0.4, 0.5) is 9.52 Å². The Morgan fingerprint density at radius 1 is 1.33 bits per heavy atom. The number of thiazole rings is 1. The summed E-state index contributed by atoms with van der Waals surface area (Å²) in [4.78, 5) is 16.5. The Hall–Kier alpha value is -2.18. The van der Waals surface area contributed by atoms with Gasteiger partial charge in [-0.25, -0.2) is 9.37 Å². The molecule has 1 atom stereocenters. The molecule has 0 radical (unpaired) electrons. The fraction of sp³-hybridized carbons (Fsp3) is 0.176. The zero-order chi connectivity index (χ0) is 17.3. The van der Waals surface area contributed by atoms with Crippen LogP contribution in [-0.4, -0.2) is 17.0 Å². The van der Waals surface area contributed by atoms with Gasteiger partial charge in [0.15, 0.2) is 11.2 Å². The van der Waals surface area contributed by atoms with Gasteiger partial charge in [0, 0.05) is 5.02 Å². The van der Waals surface area contributed by atoms with Gasteiger partial charge in [0.05, 0.1) is 10.2 Å². The lowest BCUT2D eigenvalue weighted by atomic mass is 10.2. The average Bonchev–Trinajstić information content (AvgIpc) is 2.92. The van der Waals surface area contributed by atoms with E-state index in [1.54, 1.807) is 31.2 Å². The highest BCUT2D eigenvalue weighted by molar-refractivity contribution is 7.22. The largest absolute Gasteiger partial charge is 0.481 e. The van der Waals surface area contributed by atoms with Crippen molar-refractivity contribution >= 4 is 44.2 Å². The van der Waals surface area contributed by atoms with Crippen LogP contribution in [0.5, 0.6) is 5.75 Å². The van der Waals surface area contributed by atoms with E-state index in [1.165, 1.54) is 23.5 Å². The first-order valence-corrected chi connectivity index (χ1v) is 8.41. The summed E-state index contributed by atoms with van der Waals surface area (Å²) in [6.45, 7) is 3.51. The smallest absolute Gasteiger partial charge is 0.266 e. The fourth-order valence-electron chi connectivity index (χ4n) is 2.11. The lowest BCUT2D eigenvalue weighted by molar-refractivity contribution is -0.122. The number of amides is 1. The first-order valence-electron chi connectivity index (χ1n) is 7.22. The van der Waals surface area contributed by atoms with Crippen molar-refractivity contribution in [1.29, 1.82) is 0 Å². The minimum Gasteiger partial charge on any atom is -0.481 e. The van der Waals surface area contributed by atoms with E-state index in [0.29, 0.717) is 26.1 Å². The minimum absolute atomic E-state index is 0.331. The first kappa shape index (κ1) is 16.7. The highest BCUT2D eigenvalue weighted by Gasteiger charge is 2.17. The molecule has 0 aliphatic rings. The molecule has 0 aliphatic carbocycles. The van der Waals surface area contributed by atoms with E-state index in [2.05, 4.69) is 10.3 Å². The van der Waals surface area contributed by atoms with E-state index in [9.17, 15) is 9.18 Å². The van der Waals surface area contributed by atoms with E-state index in [0.717, 1.165) is 5.56 Å². The number of hydrogen-bond acceptors (Lipinski definition) is 4. The van der Waals surface area contributed by atoms with Gasteiger partial charge in [-0.1, -0.05) is 22.9 Å². The molecule has 1 amide bonds. The number of carbonyl (C=O) groups excluding carboxylic acids is 1. The molecule has 1 heterocycles. The number of nitrogens with zero attached hydrogens (tertiary/aromatic N) is 1. The van der Waals surface area contributed by atoms with E-state index in [1.807, 2.05) is 6.92 Å². The highest BCUT2D eigenvalue weighted by atomic mass is 35.5. The summed E-state index contributed by atoms with van der Waals surface area (Å²) in [5.74, 6) is -0.105. The topological polar surface area (TPSA) is 51.2 Å². The van der Waals surface area contributed by atoms with Crippen LogP contribution < -0.4 is 10.1 Å². The first-order chi connectivity index (χ1) is 11.4. The van der Waals surface area contributed by atoms with E-state index >= 15 is 0 Å². The van der Waals surface area contributed by atoms with Crippen molar-refractivity contribution in [2.45, 2.75) is 20.0 Å². The third-order valence-corrected chi connectivity index (χ3v) is 4.75. The zero-order valence-corrected chi connectivity index (χ0v) is 14.5. The molecule has 7 heteroatoms. The molecule has 24 heavy (non-hydrogen) atoms. The average molecular weight is 365 g/mol. The van der Waals surface area contributed by atoms with Crippen LogP contribution in [-0.2, 0) is 4.79 Å². The van der Waals surface area contributed by atoms with Crippen molar-refractivity contribution < 1.29 is 13.9 Å². The number of aryl methyl sites for hydroxylation is 1. The maximum atomic E-state index is 13.2. The number of halogens is 2. The maximum absolute atomic E-state index is 13.2. The van der Waals surface area contributed by atoms with Gasteiger partial charge in [-0.15, -0.1) is 0 Å². The van der Waals surface area contributed by atoms with Crippen molar-refractivity contribution in [3.05, 3.63) is 52.8 Å². The summed E-state index contributed by atoms with van der Waals surface area (Å²) in [7, 11) is 0. The Balaban J connectivity index is 1.69. The number of fused-ring (bicyclic) bond motifs is 1. The molecule has 0 spiro atoms. The second-order valence-electron chi connectivity index (χ2n) is 5.29. The van der Waals surface area contributed by atoms with Gasteiger partial charge in [0.1, 0.15) is 11.6 Å². The van der Waals surface area contributed by atoms with Crippen LogP contribution in [0.3, 0.4) is 0 Å². The number of ether oxygens (including phenoxy) is 1. The van der Waals surface area contributed by atoms with Gasteiger partial charge in [-0.05, 0) is 55.8 Å². The van der Waals surface area contributed by atoms with Gasteiger partial charge < -0.3 is 4.74 Å². The molecule has 0 bridgehead atoms. The number of carbonyl (C=O) groups is 1. The Bertz CT molecular complexity index is 913. The molecular formula is C17H14ClFN2O2S. The molecule has 0 fully saturated rings. The molecule has 3 rings (SSSR count). The quantitative estimate of drug-likeness (QED) is 0.723. The Labute approximate surface area is 147 Å². The number of rotatable bonds is 4. The molecule has 0 aliphatic heterocycles. The number of nitrogens with one attached hydrogen (secondary N) is 1. The van der Waals surface area contributed by atoms with Crippen LogP contribution in [0.25, 0.3) is 10.2 Å². The fourth-order valence-corrected chi connectivity index (χ4v) is 3.12. The SMILES string of the molecule is Cc1cc(O[C@@H](C)C(=O)Nc2nc3ccc(F)cc3s2)ccc1Cl. The molecule has 0 saturated carbocycles. The van der Waals surface area contributed by atoms with Crippen LogP contribution in [0.2, 0.25) is 5.02 Å². The molecule has 4 nitrogen and oxygen atoms in total. The number of hydrogen-bond donors (Lipinski definition) is 1. The molecule has 0 unspecified atom stereocenters. The van der Waals surface area contributed by atoms with Crippen molar-refractivity contribution in [2.75, 3.05) is 5.32 Å². The summed E-state index contributed by atoms with van der Waals surface area (Å²) in [6, 6.07) is 9.50. The van der Waals surface area contributed by atoms with Crippen LogP contribution in [0.15, 0.2) is 36.4 Å². The van der Waals surface area contributed by atoms with Gasteiger partial charge in [0.2, 0.25) is 0 Å². The highest BCUT2D eigenvalue weighted by Crippen LogP contribution is 2.27. The van der Waals surface area contributed by atoms with Crippen LogP contribution >= 0.6 is 22.9 Å². The van der Waals surface area contributed by atoms with Gasteiger partial charge in [-0.2, -0.15) is 0 Å². The second-order valence-corrected chi connectivity index (χ2v) is 6.73.